The third-order valence-electron chi connectivity index (χ3n) is 2.77. The molecular weight excluding hydrogens is 232 g/mol. The standard InChI is InChI=1S/C13H20N2O3/c1-9(2)15(8-12(14)16)7-10-5-4-6-11(18-3)13(10)17/h4-6,9,17H,7-8H2,1-3H3,(H2,14,16). The summed E-state index contributed by atoms with van der Waals surface area (Å²) >= 11 is 0. The van der Waals surface area contributed by atoms with E-state index in [1.165, 1.54) is 7.11 Å². The van der Waals surface area contributed by atoms with Crippen molar-refractivity contribution in [3.63, 3.8) is 0 Å². The van der Waals surface area contributed by atoms with E-state index in [1.807, 2.05) is 18.7 Å². The molecule has 5 heteroatoms. The Morgan fingerprint density at radius 2 is 2.17 bits per heavy atom. The molecule has 1 rings (SSSR count). The lowest BCUT2D eigenvalue weighted by Crippen LogP contribution is -2.37. The van der Waals surface area contributed by atoms with Crippen LogP contribution in [0.25, 0.3) is 0 Å². The van der Waals surface area contributed by atoms with Gasteiger partial charge in [-0.15, -0.1) is 0 Å². The first-order valence-corrected chi connectivity index (χ1v) is 5.83. The molecule has 1 aromatic carbocycles. The van der Waals surface area contributed by atoms with Crippen LogP contribution in [0.5, 0.6) is 11.5 Å². The molecule has 3 N–H and O–H groups in total. The second-order valence-corrected chi connectivity index (χ2v) is 4.43. The summed E-state index contributed by atoms with van der Waals surface area (Å²) in [6.45, 7) is 4.55. The maximum absolute atomic E-state index is 11.0. The highest BCUT2D eigenvalue weighted by Crippen LogP contribution is 2.30. The molecule has 0 aromatic heterocycles. The van der Waals surface area contributed by atoms with Gasteiger partial charge in [-0.25, -0.2) is 0 Å². The van der Waals surface area contributed by atoms with Gasteiger partial charge >= 0.3 is 0 Å². The zero-order valence-corrected chi connectivity index (χ0v) is 11.0. The summed E-state index contributed by atoms with van der Waals surface area (Å²) in [5, 5.41) is 9.99. The van der Waals surface area contributed by atoms with Gasteiger partial charge in [0.25, 0.3) is 0 Å². The van der Waals surface area contributed by atoms with Gasteiger partial charge in [-0.1, -0.05) is 12.1 Å². The lowest BCUT2D eigenvalue weighted by molar-refractivity contribution is -0.119. The molecular formula is C13H20N2O3. The number of phenolic OH excluding ortho intramolecular Hbond substituents is 1. The maximum Gasteiger partial charge on any atom is 0.231 e. The zero-order valence-electron chi connectivity index (χ0n) is 11.0. The highest BCUT2D eigenvalue weighted by Gasteiger charge is 2.16. The molecule has 0 bridgehead atoms. The summed E-state index contributed by atoms with van der Waals surface area (Å²) in [6, 6.07) is 5.44. The van der Waals surface area contributed by atoms with Gasteiger partial charge in [-0.05, 0) is 19.9 Å². The van der Waals surface area contributed by atoms with Gasteiger partial charge in [0.05, 0.1) is 13.7 Å². The van der Waals surface area contributed by atoms with Crippen LogP contribution >= 0.6 is 0 Å². The van der Waals surface area contributed by atoms with Crippen LogP contribution in [0.1, 0.15) is 19.4 Å². The van der Waals surface area contributed by atoms with Crippen molar-refractivity contribution >= 4 is 5.91 Å². The number of rotatable bonds is 6. The third-order valence-corrected chi connectivity index (χ3v) is 2.77. The minimum atomic E-state index is -0.383. The van der Waals surface area contributed by atoms with Crippen molar-refractivity contribution in [3.8, 4) is 11.5 Å². The van der Waals surface area contributed by atoms with E-state index in [2.05, 4.69) is 0 Å². The number of methoxy groups -OCH3 is 1. The number of para-hydroxylation sites is 1. The normalized spacial score (nSPS) is 10.9. The van der Waals surface area contributed by atoms with E-state index < -0.39 is 0 Å². The molecule has 0 radical (unpaired) electrons. The van der Waals surface area contributed by atoms with Crippen LogP contribution in [0.4, 0.5) is 0 Å². The topological polar surface area (TPSA) is 75.8 Å². The number of aromatic hydroxyl groups is 1. The van der Waals surface area contributed by atoms with Crippen molar-refractivity contribution < 1.29 is 14.6 Å². The minimum Gasteiger partial charge on any atom is -0.504 e. The molecule has 0 spiro atoms. The average Bonchev–Trinajstić information content (AvgIpc) is 2.30. The molecule has 1 amide bonds. The number of ether oxygens (including phenoxy) is 1. The van der Waals surface area contributed by atoms with Crippen molar-refractivity contribution in [2.45, 2.75) is 26.4 Å². The highest BCUT2D eigenvalue weighted by molar-refractivity contribution is 5.76. The number of hydrogen-bond donors (Lipinski definition) is 2. The van der Waals surface area contributed by atoms with Crippen molar-refractivity contribution in [2.24, 2.45) is 5.73 Å². The first-order valence-electron chi connectivity index (χ1n) is 5.83. The number of benzene rings is 1. The fourth-order valence-corrected chi connectivity index (χ4v) is 1.70. The quantitative estimate of drug-likeness (QED) is 0.795. The largest absolute Gasteiger partial charge is 0.504 e. The van der Waals surface area contributed by atoms with E-state index in [4.69, 9.17) is 10.5 Å². The molecule has 100 valence electrons. The van der Waals surface area contributed by atoms with Gasteiger partial charge in [-0.2, -0.15) is 0 Å². The predicted octanol–water partition coefficient (Wildman–Crippen LogP) is 1.10. The maximum atomic E-state index is 11.0. The van der Waals surface area contributed by atoms with Gasteiger partial charge in [0.1, 0.15) is 0 Å². The molecule has 0 saturated heterocycles. The monoisotopic (exact) mass is 252 g/mol. The van der Waals surface area contributed by atoms with Gasteiger partial charge in [0.15, 0.2) is 11.5 Å². The second kappa shape index (κ2) is 6.26. The summed E-state index contributed by atoms with van der Waals surface area (Å²) in [7, 11) is 1.50. The number of amides is 1. The first-order chi connectivity index (χ1) is 8.45. The van der Waals surface area contributed by atoms with Crippen LogP contribution < -0.4 is 10.5 Å². The molecule has 0 saturated carbocycles. The molecule has 5 nitrogen and oxygen atoms in total. The van der Waals surface area contributed by atoms with Crippen molar-refractivity contribution in [1.29, 1.82) is 0 Å². The highest BCUT2D eigenvalue weighted by atomic mass is 16.5. The molecule has 0 atom stereocenters. The smallest absolute Gasteiger partial charge is 0.231 e. The Hall–Kier alpha value is -1.75. The Morgan fingerprint density at radius 3 is 2.67 bits per heavy atom. The number of nitrogens with zero attached hydrogens (tertiary/aromatic N) is 1. The van der Waals surface area contributed by atoms with Gasteiger partial charge < -0.3 is 15.6 Å². The van der Waals surface area contributed by atoms with E-state index >= 15 is 0 Å². The predicted molar refractivity (Wildman–Crippen MR) is 69.4 cm³/mol. The van der Waals surface area contributed by atoms with Crippen LogP contribution in [-0.4, -0.2) is 35.6 Å². The summed E-state index contributed by atoms with van der Waals surface area (Å²) in [5.41, 5.74) is 5.92. The number of carbonyl (C=O) groups is 1. The summed E-state index contributed by atoms with van der Waals surface area (Å²) in [4.78, 5) is 12.9. The molecule has 0 unspecified atom stereocenters. The number of nitrogens with two attached hydrogens (primary N) is 1. The van der Waals surface area contributed by atoms with E-state index in [1.54, 1.807) is 18.2 Å². The fourth-order valence-electron chi connectivity index (χ4n) is 1.70. The molecule has 18 heavy (non-hydrogen) atoms. The van der Waals surface area contributed by atoms with E-state index in [0.29, 0.717) is 17.9 Å². The second-order valence-electron chi connectivity index (χ2n) is 4.43. The Kier molecular flexibility index (Phi) is 4.97. The van der Waals surface area contributed by atoms with E-state index in [0.717, 1.165) is 0 Å². The molecule has 0 fully saturated rings. The molecule has 0 aliphatic rings. The Labute approximate surface area is 107 Å². The molecule has 0 aliphatic carbocycles. The van der Waals surface area contributed by atoms with Crippen LogP contribution in [0.2, 0.25) is 0 Å². The summed E-state index contributed by atoms with van der Waals surface area (Å²) < 4.78 is 5.05. The summed E-state index contributed by atoms with van der Waals surface area (Å²) in [5.74, 6) is 0.150. The number of primary amides is 1. The van der Waals surface area contributed by atoms with E-state index in [-0.39, 0.29) is 24.2 Å². The van der Waals surface area contributed by atoms with Crippen LogP contribution in [0.15, 0.2) is 18.2 Å². The Balaban J connectivity index is 2.90. The number of phenols is 1. The molecule has 0 heterocycles. The lowest BCUT2D eigenvalue weighted by Gasteiger charge is -2.25. The van der Waals surface area contributed by atoms with Crippen LogP contribution in [0, 0.1) is 0 Å². The first kappa shape index (κ1) is 14.3. The van der Waals surface area contributed by atoms with Gasteiger partial charge in [-0.3, -0.25) is 9.69 Å². The fraction of sp³-hybridized carbons (Fsp3) is 0.462. The molecule has 0 aliphatic heterocycles. The average molecular weight is 252 g/mol. The van der Waals surface area contributed by atoms with Gasteiger partial charge in [0.2, 0.25) is 5.91 Å². The minimum absolute atomic E-state index is 0.107. The molecule has 1 aromatic rings. The number of hydrogen-bond acceptors (Lipinski definition) is 4. The Morgan fingerprint density at radius 1 is 1.50 bits per heavy atom. The number of carbonyl (C=O) groups excluding carboxylic acids is 1. The van der Waals surface area contributed by atoms with Crippen molar-refractivity contribution in [2.75, 3.05) is 13.7 Å². The summed E-state index contributed by atoms with van der Waals surface area (Å²) in [6.07, 6.45) is 0. The SMILES string of the molecule is COc1cccc(CN(CC(N)=O)C(C)C)c1O. The van der Waals surface area contributed by atoms with E-state index in [9.17, 15) is 9.90 Å². The lowest BCUT2D eigenvalue weighted by atomic mass is 10.1. The Bertz CT molecular complexity index is 419. The van der Waals surface area contributed by atoms with Crippen molar-refractivity contribution in [3.05, 3.63) is 23.8 Å². The third kappa shape index (κ3) is 3.63. The van der Waals surface area contributed by atoms with Crippen LogP contribution in [0.3, 0.4) is 0 Å². The van der Waals surface area contributed by atoms with Crippen molar-refractivity contribution in [1.82, 2.24) is 4.90 Å². The van der Waals surface area contributed by atoms with Gasteiger partial charge in [0, 0.05) is 18.2 Å². The zero-order chi connectivity index (χ0) is 13.7. The van der Waals surface area contributed by atoms with Crippen LogP contribution in [-0.2, 0) is 11.3 Å².